The summed E-state index contributed by atoms with van der Waals surface area (Å²) >= 11 is 0. The lowest BCUT2D eigenvalue weighted by molar-refractivity contribution is -0.119. The van der Waals surface area contributed by atoms with E-state index in [2.05, 4.69) is 25.2 Å². The maximum atomic E-state index is 11.2. The first-order chi connectivity index (χ1) is 7.58. The Kier molecular flexibility index (Phi) is 2.86. The summed E-state index contributed by atoms with van der Waals surface area (Å²) in [6.07, 6.45) is 0.599. The van der Waals surface area contributed by atoms with Gasteiger partial charge in [0.1, 0.15) is 0 Å². The molecule has 0 aromatic heterocycles. The van der Waals surface area contributed by atoms with Crippen LogP contribution >= 0.6 is 0 Å². The summed E-state index contributed by atoms with van der Waals surface area (Å²) in [4.78, 5) is 11.2. The van der Waals surface area contributed by atoms with Gasteiger partial charge < -0.3 is 11.1 Å². The molecule has 0 bridgehead atoms. The second-order valence-corrected chi connectivity index (χ2v) is 4.75. The van der Waals surface area contributed by atoms with Gasteiger partial charge >= 0.3 is 0 Å². The van der Waals surface area contributed by atoms with Crippen LogP contribution < -0.4 is 11.1 Å². The van der Waals surface area contributed by atoms with E-state index in [1.165, 1.54) is 11.1 Å². The number of hydrogen-bond donors (Lipinski definition) is 2. The molecule has 16 heavy (non-hydrogen) atoms. The minimum atomic E-state index is 0.146. The van der Waals surface area contributed by atoms with Crippen molar-refractivity contribution in [2.45, 2.75) is 32.1 Å². The van der Waals surface area contributed by atoms with Crippen LogP contribution in [0.15, 0.2) is 18.2 Å². The van der Waals surface area contributed by atoms with Crippen LogP contribution in [0.25, 0.3) is 0 Å². The maximum absolute atomic E-state index is 11.2. The van der Waals surface area contributed by atoms with E-state index in [9.17, 15) is 4.79 Å². The lowest BCUT2D eigenvalue weighted by Crippen LogP contribution is -2.13. The SMILES string of the molecule is CC(C)c1cc([C@@H]2CNC(=O)C2)ccc1N. The molecule has 0 unspecified atom stereocenters. The zero-order valence-corrected chi connectivity index (χ0v) is 9.79. The van der Waals surface area contributed by atoms with Gasteiger partial charge in [0.05, 0.1) is 0 Å². The third kappa shape index (κ3) is 2.03. The molecule has 0 radical (unpaired) electrons. The number of benzene rings is 1. The molecule has 1 amide bonds. The van der Waals surface area contributed by atoms with E-state index in [0.717, 1.165) is 12.2 Å². The molecule has 1 atom stereocenters. The van der Waals surface area contributed by atoms with E-state index in [4.69, 9.17) is 5.73 Å². The van der Waals surface area contributed by atoms with Gasteiger partial charge in [-0.15, -0.1) is 0 Å². The lowest BCUT2D eigenvalue weighted by atomic mass is 9.92. The van der Waals surface area contributed by atoms with Crippen molar-refractivity contribution in [2.75, 3.05) is 12.3 Å². The fourth-order valence-electron chi connectivity index (χ4n) is 2.19. The molecule has 2 rings (SSSR count). The second-order valence-electron chi connectivity index (χ2n) is 4.75. The predicted molar refractivity (Wildman–Crippen MR) is 65.3 cm³/mol. The van der Waals surface area contributed by atoms with E-state index < -0.39 is 0 Å². The Morgan fingerprint density at radius 1 is 1.44 bits per heavy atom. The van der Waals surface area contributed by atoms with Crippen LogP contribution in [0.2, 0.25) is 0 Å². The number of hydrogen-bond acceptors (Lipinski definition) is 2. The van der Waals surface area contributed by atoms with Gasteiger partial charge in [-0.1, -0.05) is 26.0 Å². The molecule has 0 saturated carbocycles. The van der Waals surface area contributed by atoms with Crippen LogP contribution in [0.1, 0.15) is 43.2 Å². The molecule has 1 aliphatic heterocycles. The Hall–Kier alpha value is -1.51. The Labute approximate surface area is 96.0 Å². The van der Waals surface area contributed by atoms with Crippen molar-refractivity contribution in [3.8, 4) is 0 Å². The quantitative estimate of drug-likeness (QED) is 0.746. The van der Waals surface area contributed by atoms with Crippen LogP contribution in [0.4, 0.5) is 5.69 Å². The standard InChI is InChI=1S/C13H18N2O/c1-8(2)11-5-9(3-4-12(11)14)10-6-13(16)15-7-10/h3-5,8,10H,6-7,14H2,1-2H3,(H,15,16)/t10-/m0/s1. The fourth-order valence-corrected chi connectivity index (χ4v) is 2.19. The van der Waals surface area contributed by atoms with Gasteiger partial charge in [-0.25, -0.2) is 0 Å². The summed E-state index contributed by atoms with van der Waals surface area (Å²) < 4.78 is 0. The van der Waals surface area contributed by atoms with Crippen LogP contribution in [0.3, 0.4) is 0 Å². The van der Waals surface area contributed by atoms with Gasteiger partial charge in [0.15, 0.2) is 0 Å². The zero-order valence-electron chi connectivity index (χ0n) is 9.79. The molecule has 1 fully saturated rings. The molecule has 3 N–H and O–H groups in total. The van der Waals surface area contributed by atoms with Crippen molar-refractivity contribution in [2.24, 2.45) is 0 Å². The summed E-state index contributed by atoms with van der Waals surface area (Å²) in [5.74, 6) is 0.878. The molecule has 0 aliphatic carbocycles. The van der Waals surface area contributed by atoms with Gasteiger partial charge in [-0.05, 0) is 23.1 Å². The van der Waals surface area contributed by atoms with E-state index in [1.807, 2.05) is 12.1 Å². The molecular weight excluding hydrogens is 200 g/mol. The smallest absolute Gasteiger partial charge is 0.220 e. The highest BCUT2D eigenvalue weighted by Crippen LogP contribution is 2.29. The first kappa shape index (κ1) is 11.0. The maximum Gasteiger partial charge on any atom is 0.220 e. The van der Waals surface area contributed by atoms with Crippen molar-refractivity contribution in [3.63, 3.8) is 0 Å². The number of nitrogens with one attached hydrogen (secondary N) is 1. The molecule has 86 valence electrons. The molecule has 1 saturated heterocycles. The summed E-state index contributed by atoms with van der Waals surface area (Å²) in [6.45, 7) is 5.02. The summed E-state index contributed by atoms with van der Waals surface area (Å²) in [6, 6.07) is 6.13. The minimum absolute atomic E-state index is 0.146. The Morgan fingerprint density at radius 2 is 2.19 bits per heavy atom. The second kappa shape index (κ2) is 4.16. The van der Waals surface area contributed by atoms with Gasteiger partial charge in [0.2, 0.25) is 5.91 Å². The number of amides is 1. The number of rotatable bonds is 2. The van der Waals surface area contributed by atoms with E-state index >= 15 is 0 Å². The van der Waals surface area contributed by atoms with Gasteiger partial charge in [-0.3, -0.25) is 4.79 Å². The highest BCUT2D eigenvalue weighted by Gasteiger charge is 2.23. The van der Waals surface area contributed by atoms with E-state index in [-0.39, 0.29) is 5.91 Å². The van der Waals surface area contributed by atoms with Gasteiger partial charge in [-0.2, -0.15) is 0 Å². The first-order valence-corrected chi connectivity index (χ1v) is 5.74. The van der Waals surface area contributed by atoms with Crippen LogP contribution in [-0.2, 0) is 4.79 Å². The van der Waals surface area contributed by atoms with Crippen molar-refractivity contribution in [3.05, 3.63) is 29.3 Å². The van der Waals surface area contributed by atoms with Crippen LogP contribution in [0, 0.1) is 0 Å². The normalized spacial score (nSPS) is 20.2. The molecule has 1 aliphatic rings. The number of nitrogens with two attached hydrogens (primary N) is 1. The van der Waals surface area contributed by atoms with E-state index in [0.29, 0.717) is 18.3 Å². The zero-order chi connectivity index (χ0) is 11.7. The Morgan fingerprint density at radius 3 is 2.75 bits per heavy atom. The number of nitrogen functional groups attached to an aromatic ring is 1. The molecule has 1 heterocycles. The average Bonchev–Trinajstić information content (AvgIpc) is 2.65. The topological polar surface area (TPSA) is 55.1 Å². The van der Waals surface area contributed by atoms with Crippen molar-refractivity contribution >= 4 is 11.6 Å². The van der Waals surface area contributed by atoms with E-state index in [1.54, 1.807) is 0 Å². The van der Waals surface area contributed by atoms with Crippen LogP contribution in [-0.4, -0.2) is 12.5 Å². The monoisotopic (exact) mass is 218 g/mol. The molecule has 3 heteroatoms. The third-order valence-electron chi connectivity index (χ3n) is 3.18. The summed E-state index contributed by atoms with van der Waals surface area (Å²) in [5, 5.41) is 2.86. The summed E-state index contributed by atoms with van der Waals surface area (Å²) in [7, 11) is 0. The number of carbonyl (C=O) groups is 1. The predicted octanol–water partition coefficient (Wildman–Crippen LogP) is 2.00. The molecular formula is C13H18N2O. The highest BCUT2D eigenvalue weighted by atomic mass is 16.1. The molecule has 3 nitrogen and oxygen atoms in total. The molecule has 0 spiro atoms. The largest absolute Gasteiger partial charge is 0.398 e. The van der Waals surface area contributed by atoms with Crippen LogP contribution in [0.5, 0.6) is 0 Å². The van der Waals surface area contributed by atoms with Crippen molar-refractivity contribution in [1.82, 2.24) is 5.32 Å². The fraction of sp³-hybridized carbons (Fsp3) is 0.462. The van der Waals surface area contributed by atoms with Crippen molar-refractivity contribution in [1.29, 1.82) is 0 Å². The molecule has 1 aromatic rings. The molecule has 1 aromatic carbocycles. The van der Waals surface area contributed by atoms with Gasteiger partial charge in [0, 0.05) is 24.6 Å². The third-order valence-corrected chi connectivity index (χ3v) is 3.18. The highest BCUT2D eigenvalue weighted by molar-refractivity contribution is 5.79. The number of anilines is 1. The Bertz CT molecular complexity index is 412. The Balaban J connectivity index is 2.29. The van der Waals surface area contributed by atoms with Crippen molar-refractivity contribution < 1.29 is 4.79 Å². The minimum Gasteiger partial charge on any atom is -0.398 e. The number of carbonyl (C=O) groups excluding carboxylic acids is 1. The average molecular weight is 218 g/mol. The van der Waals surface area contributed by atoms with Gasteiger partial charge in [0.25, 0.3) is 0 Å². The lowest BCUT2D eigenvalue weighted by Gasteiger charge is -2.14. The first-order valence-electron chi connectivity index (χ1n) is 5.74. The summed E-state index contributed by atoms with van der Waals surface area (Å²) in [5.41, 5.74) is 9.17.